The van der Waals surface area contributed by atoms with E-state index >= 15 is 0 Å². The van der Waals surface area contributed by atoms with Gasteiger partial charge in [0, 0.05) is 32.0 Å². The van der Waals surface area contributed by atoms with Gasteiger partial charge >= 0.3 is 0 Å². The van der Waals surface area contributed by atoms with Gasteiger partial charge in [0.15, 0.2) is 0 Å². The molecule has 6 heteroatoms. The van der Waals surface area contributed by atoms with Crippen molar-refractivity contribution >= 4 is 11.8 Å². The molecule has 1 rings (SSSR count). The molecule has 19 heavy (non-hydrogen) atoms. The Bertz CT molecular complexity index is 460. The Balaban J connectivity index is 2.68. The topological polar surface area (TPSA) is 80.3 Å². The van der Waals surface area contributed by atoms with Gasteiger partial charge in [0.2, 0.25) is 0 Å². The van der Waals surface area contributed by atoms with E-state index in [2.05, 4.69) is 22.2 Å². The molecule has 0 aromatic carbocycles. The highest BCUT2D eigenvalue weighted by molar-refractivity contribution is 5.98. The molecule has 6 nitrogen and oxygen atoms in total. The molecule has 1 aromatic rings. The molecule has 1 heterocycles. The van der Waals surface area contributed by atoms with Crippen LogP contribution in [0.15, 0.2) is 31.0 Å². The summed E-state index contributed by atoms with van der Waals surface area (Å²) in [6.07, 6.45) is 3.01. The van der Waals surface area contributed by atoms with Gasteiger partial charge in [-0.3, -0.25) is 14.6 Å². The van der Waals surface area contributed by atoms with Crippen LogP contribution in [0.5, 0.6) is 0 Å². The minimum atomic E-state index is -0.338. The molecule has 0 unspecified atom stereocenters. The van der Waals surface area contributed by atoms with E-state index in [1.807, 2.05) is 0 Å². The SMILES string of the molecule is C=CCNC(=O)c1ccnc(C(=O)NCCOC)c1. The van der Waals surface area contributed by atoms with Crippen LogP contribution in [0, 0.1) is 0 Å². The Hall–Kier alpha value is -2.21. The molecule has 0 fully saturated rings. The van der Waals surface area contributed by atoms with E-state index in [1.165, 1.54) is 12.3 Å². The molecule has 0 spiro atoms. The van der Waals surface area contributed by atoms with Gasteiger partial charge in [0.25, 0.3) is 11.8 Å². The van der Waals surface area contributed by atoms with E-state index in [-0.39, 0.29) is 17.5 Å². The molecule has 2 N–H and O–H groups in total. The highest BCUT2D eigenvalue weighted by Crippen LogP contribution is 2.02. The third-order valence-electron chi connectivity index (χ3n) is 2.25. The van der Waals surface area contributed by atoms with Gasteiger partial charge in [-0.2, -0.15) is 0 Å². The Morgan fingerprint density at radius 1 is 1.42 bits per heavy atom. The minimum absolute atomic E-state index is 0.197. The third-order valence-corrected chi connectivity index (χ3v) is 2.25. The smallest absolute Gasteiger partial charge is 0.269 e. The first kappa shape index (κ1) is 14.8. The summed E-state index contributed by atoms with van der Waals surface area (Å²) in [7, 11) is 1.55. The average Bonchev–Trinajstić information content (AvgIpc) is 2.45. The van der Waals surface area contributed by atoms with Gasteiger partial charge < -0.3 is 15.4 Å². The first-order valence-electron chi connectivity index (χ1n) is 5.81. The highest BCUT2D eigenvalue weighted by Gasteiger charge is 2.10. The summed E-state index contributed by atoms with van der Waals surface area (Å²) in [5, 5.41) is 5.27. The van der Waals surface area contributed by atoms with E-state index in [1.54, 1.807) is 19.3 Å². The molecule has 0 bridgehead atoms. The van der Waals surface area contributed by atoms with Gasteiger partial charge in [-0.15, -0.1) is 6.58 Å². The van der Waals surface area contributed by atoms with E-state index in [0.29, 0.717) is 25.3 Å². The van der Waals surface area contributed by atoms with Crippen LogP contribution in [0.4, 0.5) is 0 Å². The van der Waals surface area contributed by atoms with Crippen LogP contribution in [0.1, 0.15) is 20.8 Å². The van der Waals surface area contributed by atoms with Crippen molar-refractivity contribution in [1.29, 1.82) is 0 Å². The largest absolute Gasteiger partial charge is 0.383 e. The zero-order chi connectivity index (χ0) is 14.1. The van der Waals surface area contributed by atoms with Crippen LogP contribution >= 0.6 is 0 Å². The fraction of sp³-hybridized carbons (Fsp3) is 0.308. The van der Waals surface area contributed by atoms with Gasteiger partial charge in [-0.05, 0) is 12.1 Å². The van der Waals surface area contributed by atoms with E-state index in [4.69, 9.17) is 4.74 Å². The second kappa shape index (κ2) is 7.99. The normalized spacial score (nSPS) is 9.74. The lowest BCUT2D eigenvalue weighted by Gasteiger charge is -2.06. The van der Waals surface area contributed by atoms with Gasteiger partial charge in [-0.1, -0.05) is 6.08 Å². The van der Waals surface area contributed by atoms with Crippen LogP contribution in [0.2, 0.25) is 0 Å². The number of hydrogen-bond donors (Lipinski definition) is 2. The fourth-order valence-electron chi connectivity index (χ4n) is 1.32. The van der Waals surface area contributed by atoms with Crippen LogP contribution in [-0.4, -0.2) is 43.6 Å². The number of methoxy groups -OCH3 is 1. The number of rotatable bonds is 7. The predicted molar refractivity (Wildman–Crippen MR) is 71.0 cm³/mol. The van der Waals surface area contributed by atoms with Gasteiger partial charge in [-0.25, -0.2) is 0 Å². The molecule has 0 saturated heterocycles. The van der Waals surface area contributed by atoms with E-state index in [0.717, 1.165) is 0 Å². The number of hydrogen-bond acceptors (Lipinski definition) is 4. The molecular formula is C13H17N3O3. The van der Waals surface area contributed by atoms with Crippen molar-refractivity contribution in [2.45, 2.75) is 0 Å². The Kier molecular flexibility index (Phi) is 6.25. The van der Waals surface area contributed by atoms with Crippen LogP contribution in [-0.2, 0) is 4.74 Å². The Morgan fingerprint density at radius 2 is 2.21 bits per heavy atom. The van der Waals surface area contributed by atoms with Crippen molar-refractivity contribution in [3.8, 4) is 0 Å². The number of nitrogens with zero attached hydrogens (tertiary/aromatic N) is 1. The molecule has 1 aromatic heterocycles. The molecule has 0 atom stereocenters. The molecule has 102 valence electrons. The number of amides is 2. The van der Waals surface area contributed by atoms with Crippen molar-refractivity contribution in [3.05, 3.63) is 42.2 Å². The van der Waals surface area contributed by atoms with Crippen molar-refractivity contribution < 1.29 is 14.3 Å². The number of pyridine rings is 1. The summed E-state index contributed by atoms with van der Waals surface area (Å²) < 4.78 is 4.83. The lowest BCUT2D eigenvalue weighted by Crippen LogP contribution is -2.28. The van der Waals surface area contributed by atoms with Crippen molar-refractivity contribution in [2.24, 2.45) is 0 Å². The standard InChI is InChI=1S/C13H17N3O3/c1-3-5-15-12(17)10-4-6-14-11(9-10)13(18)16-7-8-19-2/h3-4,6,9H,1,5,7-8H2,2H3,(H,15,17)(H,16,18). The average molecular weight is 263 g/mol. The second-order valence-electron chi connectivity index (χ2n) is 3.68. The van der Waals surface area contributed by atoms with Gasteiger partial charge in [0.05, 0.1) is 6.61 Å². The first-order valence-corrected chi connectivity index (χ1v) is 5.81. The van der Waals surface area contributed by atoms with Crippen molar-refractivity contribution in [3.63, 3.8) is 0 Å². The fourth-order valence-corrected chi connectivity index (χ4v) is 1.32. The van der Waals surface area contributed by atoms with Crippen LogP contribution in [0.3, 0.4) is 0 Å². The number of aromatic nitrogens is 1. The van der Waals surface area contributed by atoms with E-state index in [9.17, 15) is 9.59 Å². The van der Waals surface area contributed by atoms with Crippen molar-refractivity contribution in [2.75, 3.05) is 26.8 Å². The zero-order valence-electron chi connectivity index (χ0n) is 10.8. The lowest BCUT2D eigenvalue weighted by molar-refractivity contribution is 0.0932. The van der Waals surface area contributed by atoms with E-state index < -0.39 is 0 Å². The maximum Gasteiger partial charge on any atom is 0.269 e. The summed E-state index contributed by atoms with van der Waals surface area (Å²) in [6.45, 7) is 4.70. The monoisotopic (exact) mass is 263 g/mol. The van der Waals surface area contributed by atoms with Crippen LogP contribution < -0.4 is 10.6 Å². The maximum atomic E-state index is 11.7. The quantitative estimate of drug-likeness (QED) is 0.550. The maximum absolute atomic E-state index is 11.7. The lowest BCUT2D eigenvalue weighted by atomic mass is 10.2. The zero-order valence-corrected chi connectivity index (χ0v) is 10.8. The molecule has 2 amide bonds. The summed E-state index contributed by atoms with van der Waals surface area (Å²) in [6, 6.07) is 2.99. The van der Waals surface area contributed by atoms with Crippen molar-refractivity contribution in [1.82, 2.24) is 15.6 Å². The number of carbonyl (C=O) groups is 2. The number of carbonyl (C=O) groups excluding carboxylic acids is 2. The predicted octanol–water partition coefficient (Wildman–Crippen LogP) is 0.374. The second-order valence-corrected chi connectivity index (χ2v) is 3.68. The summed E-state index contributed by atoms with van der Waals surface area (Å²) in [5.41, 5.74) is 0.580. The van der Waals surface area contributed by atoms with Crippen LogP contribution in [0.25, 0.3) is 0 Å². The summed E-state index contributed by atoms with van der Waals surface area (Å²) in [5.74, 6) is -0.608. The minimum Gasteiger partial charge on any atom is -0.383 e. The molecular weight excluding hydrogens is 246 g/mol. The first-order chi connectivity index (χ1) is 9.19. The molecule has 0 saturated carbocycles. The highest BCUT2D eigenvalue weighted by atomic mass is 16.5. The third kappa shape index (κ3) is 4.89. The summed E-state index contributed by atoms with van der Waals surface area (Å²) in [4.78, 5) is 27.4. The molecule has 0 radical (unpaired) electrons. The molecule has 0 aliphatic heterocycles. The molecule has 0 aliphatic rings. The number of nitrogens with one attached hydrogen (secondary N) is 2. The molecule has 0 aliphatic carbocycles. The number of ether oxygens (including phenoxy) is 1. The Labute approximate surface area is 111 Å². The van der Waals surface area contributed by atoms with Gasteiger partial charge in [0.1, 0.15) is 5.69 Å². The summed E-state index contributed by atoms with van der Waals surface area (Å²) >= 11 is 0. The Morgan fingerprint density at radius 3 is 2.89 bits per heavy atom.